The van der Waals surface area contributed by atoms with Crippen molar-refractivity contribution in [2.45, 2.75) is 44.2 Å². The van der Waals surface area contributed by atoms with Crippen molar-refractivity contribution in [1.29, 1.82) is 0 Å². The summed E-state index contributed by atoms with van der Waals surface area (Å²) < 4.78 is 5.99. The number of hydrogen-bond donors (Lipinski definition) is 1. The Balaban J connectivity index is 2.19. The van der Waals surface area contributed by atoms with Crippen molar-refractivity contribution >= 4 is 5.97 Å². The van der Waals surface area contributed by atoms with Crippen LogP contribution in [0.2, 0.25) is 0 Å². The number of benzene rings is 1. The van der Waals surface area contributed by atoms with Crippen molar-refractivity contribution in [2.24, 2.45) is 0 Å². The Morgan fingerprint density at radius 2 is 1.90 bits per heavy atom. The summed E-state index contributed by atoms with van der Waals surface area (Å²) in [6.45, 7) is 5.63. The summed E-state index contributed by atoms with van der Waals surface area (Å²) in [5.41, 5.74) is -0.627. The Kier molecular flexibility index (Phi) is 3.01. The van der Waals surface area contributed by atoms with Crippen molar-refractivity contribution in [2.75, 3.05) is 13.1 Å². The first kappa shape index (κ1) is 13.4. The van der Waals surface area contributed by atoms with Crippen LogP contribution in [0.25, 0.3) is 0 Å². The molecule has 2 aliphatic rings. The third kappa shape index (κ3) is 1.90. The van der Waals surface area contributed by atoms with E-state index in [-0.39, 0.29) is 0 Å². The maximum Gasteiger partial charge on any atom is 0.329 e. The fraction of sp³-hybridized carbons (Fsp3) is 0.562. The van der Waals surface area contributed by atoms with Crippen molar-refractivity contribution in [3.8, 4) is 5.75 Å². The number of nitrogens with zero attached hydrogens (tertiary/aromatic N) is 1. The molecule has 0 amide bonds. The van der Waals surface area contributed by atoms with Crippen LogP contribution >= 0.6 is 0 Å². The number of carboxylic acids is 1. The second kappa shape index (κ2) is 4.48. The number of fused-ring (bicyclic) bond motifs is 1. The van der Waals surface area contributed by atoms with Gasteiger partial charge in [0.05, 0.1) is 0 Å². The number of carbonyl (C=O) groups is 1. The molecule has 0 aliphatic carbocycles. The summed E-state index contributed by atoms with van der Waals surface area (Å²) in [6.07, 6.45) is 2.61. The minimum Gasteiger partial charge on any atom is -0.487 e. The second-order valence-corrected chi connectivity index (χ2v) is 6.39. The first-order chi connectivity index (χ1) is 9.46. The molecule has 0 bridgehead atoms. The Morgan fingerprint density at radius 3 is 2.55 bits per heavy atom. The van der Waals surface area contributed by atoms with Crippen LogP contribution in [0.5, 0.6) is 5.75 Å². The summed E-state index contributed by atoms with van der Waals surface area (Å²) in [7, 11) is 0. The van der Waals surface area contributed by atoms with Gasteiger partial charge in [0.15, 0.2) is 5.54 Å². The SMILES string of the molecule is CC1(C)CC(C(=O)O)(N2CCCC2)c2ccccc2O1. The Hall–Kier alpha value is -1.55. The van der Waals surface area contributed by atoms with Crippen LogP contribution in [-0.4, -0.2) is 34.7 Å². The second-order valence-electron chi connectivity index (χ2n) is 6.39. The third-order valence-electron chi connectivity index (χ3n) is 4.40. The highest BCUT2D eigenvalue weighted by Gasteiger charge is 2.54. The molecular formula is C16H21NO3. The summed E-state index contributed by atoms with van der Waals surface area (Å²) in [4.78, 5) is 14.3. The molecule has 1 aromatic carbocycles. The van der Waals surface area contributed by atoms with Crippen LogP contribution < -0.4 is 4.74 Å². The van der Waals surface area contributed by atoms with Crippen LogP contribution in [-0.2, 0) is 10.3 Å². The predicted molar refractivity (Wildman–Crippen MR) is 75.9 cm³/mol. The highest BCUT2D eigenvalue weighted by atomic mass is 16.5. The van der Waals surface area contributed by atoms with Crippen LogP contribution in [0.1, 0.15) is 38.7 Å². The zero-order valence-electron chi connectivity index (χ0n) is 12.1. The molecule has 2 heterocycles. The van der Waals surface area contributed by atoms with E-state index in [1.54, 1.807) is 0 Å². The summed E-state index contributed by atoms with van der Waals surface area (Å²) in [6, 6.07) is 7.58. The third-order valence-corrected chi connectivity index (χ3v) is 4.40. The van der Waals surface area contributed by atoms with Crippen molar-refractivity contribution in [1.82, 2.24) is 4.90 Å². The lowest BCUT2D eigenvalue weighted by Crippen LogP contribution is -2.57. The van der Waals surface area contributed by atoms with Crippen LogP contribution in [0.15, 0.2) is 24.3 Å². The van der Waals surface area contributed by atoms with Gasteiger partial charge in [-0.1, -0.05) is 18.2 Å². The normalized spacial score (nSPS) is 28.7. The molecule has 4 nitrogen and oxygen atoms in total. The van der Waals surface area contributed by atoms with E-state index in [2.05, 4.69) is 4.90 Å². The fourth-order valence-electron chi connectivity index (χ4n) is 3.65. The first-order valence-corrected chi connectivity index (χ1v) is 7.23. The molecule has 0 aromatic heterocycles. The zero-order valence-corrected chi connectivity index (χ0v) is 12.1. The van der Waals surface area contributed by atoms with Gasteiger partial charge in [0.25, 0.3) is 0 Å². The van der Waals surface area contributed by atoms with Crippen molar-refractivity contribution in [3.63, 3.8) is 0 Å². The molecule has 3 rings (SSSR count). The highest BCUT2D eigenvalue weighted by molar-refractivity contribution is 5.82. The number of rotatable bonds is 2. The largest absolute Gasteiger partial charge is 0.487 e. The lowest BCUT2D eigenvalue weighted by molar-refractivity contribution is -0.158. The Labute approximate surface area is 119 Å². The lowest BCUT2D eigenvalue weighted by Gasteiger charge is -2.47. The fourth-order valence-corrected chi connectivity index (χ4v) is 3.65. The van der Waals surface area contributed by atoms with E-state index in [0.717, 1.165) is 31.5 Å². The van der Waals surface area contributed by atoms with Gasteiger partial charge < -0.3 is 9.84 Å². The minimum atomic E-state index is -0.950. The van der Waals surface area contributed by atoms with E-state index < -0.39 is 17.1 Å². The highest BCUT2D eigenvalue weighted by Crippen LogP contribution is 2.48. The number of hydrogen-bond acceptors (Lipinski definition) is 3. The van der Waals surface area contributed by atoms with Crippen molar-refractivity contribution in [3.05, 3.63) is 29.8 Å². The summed E-state index contributed by atoms with van der Waals surface area (Å²) >= 11 is 0. The monoisotopic (exact) mass is 275 g/mol. The van der Waals surface area contributed by atoms with Gasteiger partial charge in [-0.3, -0.25) is 4.90 Å². The van der Waals surface area contributed by atoms with Crippen LogP contribution in [0.4, 0.5) is 0 Å². The van der Waals surface area contributed by atoms with Crippen molar-refractivity contribution < 1.29 is 14.6 Å². The molecule has 0 saturated carbocycles. The molecule has 20 heavy (non-hydrogen) atoms. The average Bonchev–Trinajstić information content (AvgIpc) is 2.90. The van der Waals surface area contributed by atoms with E-state index in [4.69, 9.17) is 4.74 Å². The van der Waals surface area contributed by atoms with Gasteiger partial charge in [-0.05, 0) is 45.8 Å². The standard InChI is InChI=1S/C16H21NO3/c1-15(2)11-16(14(18)19,17-9-5-6-10-17)12-7-3-4-8-13(12)20-15/h3-4,7-8H,5-6,9-11H2,1-2H3,(H,18,19). The van der Waals surface area contributed by atoms with Gasteiger partial charge in [-0.15, -0.1) is 0 Å². The number of likely N-dealkylation sites (tertiary alicyclic amines) is 1. The van der Waals surface area contributed by atoms with Gasteiger partial charge in [-0.25, -0.2) is 4.79 Å². The molecule has 2 aliphatic heterocycles. The molecule has 1 fully saturated rings. The van der Waals surface area contributed by atoms with Gasteiger partial charge >= 0.3 is 5.97 Å². The minimum absolute atomic E-state index is 0.477. The number of aliphatic carboxylic acids is 1. The quantitative estimate of drug-likeness (QED) is 0.901. The van der Waals surface area contributed by atoms with E-state index in [0.29, 0.717) is 12.2 Å². The molecule has 1 unspecified atom stereocenters. The van der Waals surface area contributed by atoms with Crippen LogP contribution in [0, 0.1) is 0 Å². The van der Waals surface area contributed by atoms with Crippen LogP contribution in [0.3, 0.4) is 0 Å². The van der Waals surface area contributed by atoms with Gasteiger partial charge in [-0.2, -0.15) is 0 Å². The number of carboxylic acid groups (broad SMARTS) is 1. The van der Waals surface area contributed by atoms with E-state index in [1.807, 2.05) is 38.1 Å². The molecule has 1 saturated heterocycles. The summed E-state index contributed by atoms with van der Waals surface area (Å²) in [5.74, 6) is -0.0544. The Bertz CT molecular complexity index is 534. The predicted octanol–water partition coefficient (Wildman–Crippen LogP) is 2.62. The maximum atomic E-state index is 12.2. The maximum absolute atomic E-state index is 12.2. The lowest BCUT2D eigenvalue weighted by atomic mass is 9.76. The number of para-hydroxylation sites is 1. The van der Waals surface area contributed by atoms with Gasteiger partial charge in [0.2, 0.25) is 0 Å². The summed E-state index contributed by atoms with van der Waals surface area (Å²) in [5, 5.41) is 10.0. The molecule has 4 heteroatoms. The number of ether oxygens (including phenoxy) is 1. The van der Waals surface area contributed by atoms with Gasteiger partial charge in [0.1, 0.15) is 11.4 Å². The van der Waals surface area contributed by atoms with E-state index in [9.17, 15) is 9.90 Å². The molecule has 1 aromatic rings. The van der Waals surface area contributed by atoms with E-state index >= 15 is 0 Å². The molecule has 0 radical (unpaired) electrons. The molecule has 1 N–H and O–H groups in total. The Morgan fingerprint density at radius 1 is 1.25 bits per heavy atom. The van der Waals surface area contributed by atoms with Gasteiger partial charge in [0, 0.05) is 12.0 Å². The average molecular weight is 275 g/mol. The van der Waals surface area contributed by atoms with E-state index in [1.165, 1.54) is 0 Å². The topological polar surface area (TPSA) is 49.8 Å². The molecule has 1 atom stereocenters. The molecule has 108 valence electrons. The smallest absolute Gasteiger partial charge is 0.329 e. The molecular weight excluding hydrogens is 254 g/mol. The molecule has 0 spiro atoms. The first-order valence-electron chi connectivity index (χ1n) is 7.23. The zero-order chi connectivity index (χ0) is 14.4.